The number of rotatable bonds is 11. The number of ether oxygens (including phenoxy) is 1. The van der Waals surface area contributed by atoms with Crippen molar-refractivity contribution in [3.8, 4) is 0 Å². The molecule has 1 nitrogen and oxygen atoms in total. The standard InChI is InChI=1S/C29H48O/c1-4-6-7-8-10-29(30-3)28-21-19-27(20-22-28)26-17-15-25(16-18-26)24-13-11-23(9-5-2)12-14-24/h19-26,29H,4-18H2,1-3H3. The Balaban J connectivity index is 1.44. The monoisotopic (exact) mass is 412 g/mol. The summed E-state index contributed by atoms with van der Waals surface area (Å²) in [7, 11) is 1.87. The highest BCUT2D eigenvalue weighted by Gasteiger charge is 2.31. The number of unbranched alkanes of at least 4 members (excludes halogenated alkanes) is 3. The van der Waals surface area contributed by atoms with Crippen LogP contribution in [0.4, 0.5) is 0 Å². The van der Waals surface area contributed by atoms with Crippen molar-refractivity contribution in [3.05, 3.63) is 35.4 Å². The van der Waals surface area contributed by atoms with Crippen LogP contribution in [0.15, 0.2) is 24.3 Å². The lowest BCUT2D eigenvalue weighted by Crippen LogP contribution is -2.25. The molecule has 2 aliphatic carbocycles. The Bertz CT molecular complexity index is 561. The van der Waals surface area contributed by atoms with Gasteiger partial charge in [0.25, 0.3) is 0 Å². The van der Waals surface area contributed by atoms with Crippen LogP contribution < -0.4 is 0 Å². The van der Waals surface area contributed by atoms with Gasteiger partial charge in [0, 0.05) is 7.11 Å². The van der Waals surface area contributed by atoms with Gasteiger partial charge in [-0.2, -0.15) is 0 Å². The molecule has 0 heterocycles. The van der Waals surface area contributed by atoms with Gasteiger partial charge < -0.3 is 4.74 Å². The zero-order chi connectivity index (χ0) is 21.2. The SMILES string of the molecule is CCCCCCC(OC)c1ccc(C2CCC(C3CCC(CCC)CC3)CC2)cc1. The fourth-order valence-corrected chi connectivity index (χ4v) is 6.44. The summed E-state index contributed by atoms with van der Waals surface area (Å²) in [5.41, 5.74) is 2.94. The molecule has 0 aliphatic heterocycles. The first-order valence-corrected chi connectivity index (χ1v) is 13.4. The van der Waals surface area contributed by atoms with E-state index in [1.165, 1.54) is 95.5 Å². The Morgan fingerprint density at radius 1 is 0.767 bits per heavy atom. The summed E-state index contributed by atoms with van der Waals surface area (Å²) in [6, 6.07) is 9.53. The zero-order valence-electron chi connectivity index (χ0n) is 20.2. The van der Waals surface area contributed by atoms with Gasteiger partial charge in [-0.15, -0.1) is 0 Å². The van der Waals surface area contributed by atoms with Gasteiger partial charge in [-0.25, -0.2) is 0 Å². The van der Waals surface area contributed by atoms with Gasteiger partial charge in [-0.3, -0.25) is 0 Å². The molecule has 2 aliphatic rings. The Labute approximate surface area is 187 Å². The molecule has 2 saturated carbocycles. The van der Waals surface area contributed by atoms with Gasteiger partial charge in [0.2, 0.25) is 0 Å². The third-order valence-electron chi connectivity index (χ3n) is 8.41. The predicted molar refractivity (Wildman–Crippen MR) is 130 cm³/mol. The quantitative estimate of drug-likeness (QED) is 0.329. The minimum atomic E-state index is 0.273. The van der Waals surface area contributed by atoms with Crippen LogP contribution in [0.1, 0.15) is 133 Å². The Hall–Kier alpha value is -0.820. The third-order valence-corrected chi connectivity index (χ3v) is 8.41. The summed E-state index contributed by atoms with van der Waals surface area (Å²) < 4.78 is 5.81. The molecule has 0 spiro atoms. The molecule has 170 valence electrons. The Kier molecular flexibility index (Phi) is 10.2. The lowest BCUT2D eigenvalue weighted by Gasteiger charge is -2.38. The van der Waals surface area contributed by atoms with Crippen molar-refractivity contribution in [1.82, 2.24) is 0 Å². The Morgan fingerprint density at radius 2 is 1.40 bits per heavy atom. The number of benzene rings is 1. The van der Waals surface area contributed by atoms with Gasteiger partial charge in [0.1, 0.15) is 0 Å². The van der Waals surface area contributed by atoms with E-state index in [0.29, 0.717) is 0 Å². The molecule has 1 aromatic carbocycles. The molecular weight excluding hydrogens is 364 g/mol. The van der Waals surface area contributed by atoms with E-state index in [9.17, 15) is 0 Å². The van der Waals surface area contributed by atoms with E-state index in [1.54, 1.807) is 5.56 Å². The summed E-state index contributed by atoms with van der Waals surface area (Å²) in [6.07, 6.45) is 21.3. The first-order valence-electron chi connectivity index (χ1n) is 13.4. The highest BCUT2D eigenvalue weighted by atomic mass is 16.5. The lowest BCUT2D eigenvalue weighted by molar-refractivity contribution is 0.0931. The van der Waals surface area contributed by atoms with Crippen LogP contribution in [0.3, 0.4) is 0 Å². The van der Waals surface area contributed by atoms with Gasteiger partial charge in [0.05, 0.1) is 6.10 Å². The maximum Gasteiger partial charge on any atom is 0.0821 e. The van der Waals surface area contributed by atoms with Gasteiger partial charge >= 0.3 is 0 Å². The highest BCUT2D eigenvalue weighted by Crippen LogP contribution is 2.44. The van der Waals surface area contributed by atoms with Crippen molar-refractivity contribution >= 4 is 0 Å². The van der Waals surface area contributed by atoms with Crippen molar-refractivity contribution in [1.29, 1.82) is 0 Å². The molecule has 1 aromatic rings. The molecule has 0 radical (unpaired) electrons. The minimum absolute atomic E-state index is 0.273. The van der Waals surface area contributed by atoms with Crippen LogP contribution in [-0.4, -0.2) is 7.11 Å². The molecule has 0 saturated heterocycles. The molecule has 0 aromatic heterocycles. The predicted octanol–water partition coefficient (Wildman–Crippen LogP) is 9.22. The minimum Gasteiger partial charge on any atom is -0.377 e. The van der Waals surface area contributed by atoms with Crippen molar-refractivity contribution in [3.63, 3.8) is 0 Å². The molecule has 1 atom stereocenters. The molecule has 1 unspecified atom stereocenters. The van der Waals surface area contributed by atoms with Crippen LogP contribution in [0.2, 0.25) is 0 Å². The van der Waals surface area contributed by atoms with Crippen LogP contribution >= 0.6 is 0 Å². The molecule has 1 heteroatoms. The molecule has 0 bridgehead atoms. The summed E-state index contributed by atoms with van der Waals surface area (Å²) in [4.78, 5) is 0. The van der Waals surface area contributed by atoms with Crippen molar-refractivity contribution in [2.24, 2.45) is 17.8 Å². The van der Waals surface area contributed by atoms with Gasteiger partial charge in [-0.05, 0) is 79.7 Å². The zero-order valence-corrected chi connectivity index (χ0v) is 20.2. The van der Waals surface area contributed by atoms with E-state index in [4.69, 9.17) is 4.74 Å². The fourth-order valence-electron chi connectivity index (χ4n) is 6.44. The molecule has 0 amide bonds. The molecule has 3 rings (SSSR count). The van der Waals surface area contributed by atoms with Crippen LogP contribution in [0.25, 0.3) is 0 Å². The van der Waals surface area contributed by atoms with Crippen LogP contribution in [0.5, 0.6) is 0 Å². The van der Waals surface area contributed by atoms with E-state index in [1.807, 2.05) is 7.11 Å². The maximum atomic E-state index is 5.81. The fraction of sp³-hybridized carbons (Fsp3) is 0.793. The Morgan fingerprint density at radius 3 is 1.97 bits per heavy atom. The van der Waals surface area contributed by atoms with Crippen molar-refractivity contribution in [2.75, 3.05) is 7.11 Å². The first-order chi connectivity index (χ1) is 14.7. The lowest BCUT2D eigenvalue weighted by atomic mass is 9.68. The largest absolute Gasteiger partial charge is 0.377 e. The number of hydrogen-bond donors (Lipinski definition) is 0. The van der Waals surface area contributed by atoms with E-state index in [-0.39, 0.29) is 6.10 Å². The summed E-state index contributed by atoms with van der Waals surface area (Å²) in [5.74, 6) is 3.89. The van der Waals surface area contributed by atoms with Crippen LogP contribution in [-0.2, 0) is 4.74 Å². The normalized spacial score (nSPS) is 28.4. The van der Waals surface area contributed by atoms with E-state index in [2.05, 4.69) is 38.1 Å². The van der Waals surface area contributed by atoms with Gasteiger partial charge in [0.15, 0.2) is 0 Å². The second kappa shape index (κ2) is 12.9. The van der Waals surface area contributed by atoms with E-state index in [0.717, 1.165) is 30.1 Å². The van der Waals surface area contributed by atoms with Crippen molar-refractivity contribution < 1.29 is 4.74 Å². The number of hydrogen-bond acceptors (Lipinski definition) is 1. The van der Waals surface area contributed by atoms with Crippen LogP contribution in [0, 0.1) is 17.8 Å². The molecule has 2 fully saturated rings. The maximum absolute atomic E-state index is 5.81. The molecular formula is C29H48O. The second-order valence-corrected chi connectivity index (χ2v) is 10.4. The summed E-state index contributed by atoms with van der Waals surface area (Å²) in [6.45, 7) is 4.63. The van der Waals surface area contributed by atoms with E-state index < -0.39 is 0 Å². The average molecular weight is 413 g/mol. The van der Waals surface area contributed by atoms with Crippen molar-refractivity contribution in [2.45, 2.75) is 122 Å². The average Bonchev–Trinajstić information content (AvgIpc) is 2.80. The smallest absolute Gasteiger partial charge is 0.0821 e. The third kappa shape index (κ3) is 6.84. The molecule has 30 heavy (non-hydrogen) atoms. The molecule has 0 N–H and O–H groups in total. The van der Waals surface area contributed by atoms with E-state index >= 15 is 0 Å². The highest BCUT2D eigenvalue weighted by molar-refractivity contribution is 5.27. The second-order valence-electron chi connectivity index (χ2n) is 10.4. The summed E-state index contributed by atoms with van der Waals surface area (Å²) in [5, 5.41) is 0. The first kappa shape index (κ1) is 23.8. The van der Waals surface area contributed by atoms with Gasteiger partial charge in [-0.1, -0.05) is 89.5 Å². The topological polar surface area (TPSA) is 9.23 Å². The summed E-state index contributed by atoms with van der Waals surface area (Å²) >= 11 is 0. The number of methoxy groups -OCH3 is 1.